The number of nitrogens with zero attached hydrogens (tertiary/aromatic N) is 3. The second kappa shape index (κ2) is 7.73. The van der Waals surface area contributed by atoms with E-state index in [1.165, 1.54) is 11.0 Å². The fourth-order valence-electron chi connectivity index (χ4n) is 1.64. The fourth-order valence-corrected chi connectivity index (χ4v) is 1.64. The first-order chi connectivity index (χ1) is 9.41. The predicted octanol–water partition coefficient (Wildman–Crippen LogP) is -0.925. The summed E-state index contributed by atoms with van der Waals surface area (Å²) in [5.74, 6) is -0.890. The van der Waals surface area contributed by atoms with Gasteiger partial charge in [-0.1, -0.05) is 6.07 Å². The van der Waals surface area contributed by atoms with Crippen molar-refractivity contribution in [2.75, 3.05) is 0 Å². The molecule has 1 aromatic carbocycles. The summed E-state index contributed by atoms with van der Waals surface area (Å²) < 4.78 is 57.8. The Balaban J connectivity index is 0.00000220. The zero-order valence-electron chi connectivity index (χ0n) is 11.6. The van der Waals surface area contributed by atoms with Crippen molar-refractivity contribution in [2.45, 2.75) is 20.1 Å². The molecule has 0 aliphatic heterocycles. The smallest absolute Gasteiger partial charge is 0.483 e. The second-order valence-electron chi connectivity index (χ2n) is 4.05. The van der Waals surface area contributed by atoms with Crippen LogP contribution in [0.3, 0.4) is 0 Å². The Morgan fingerprint density at radius 1 is 1.29 bits per heavy atom. The van der Waals surface area contributed by atoms with E-state index < -0.39 is 24.0 Å². The summed E-state index contributed by atoms with van der Waals surface area (Å²) in [6.07, 6.45) is 1.30. The molecule has 21 heavy (non-hydrogen) atoms. The molecule has 0 saturated heterocycles. The molecule has 0 N–H and O–H groups in total. The zero-order valence-corrected chi connectivity index (χ0v) is 14.7. The van der Waals surface area contributed by atoms with Crippen LogP contribution in [0.25, 0.3) is 0 Å². The van der Waals surface area contributed by atoms with Crippen molar-refractivity contribution in [2.24, 2.45) is 0 Å². The van der Waals surface area contributed by atoms with Crippen LogP contribution in [-0.4, -0.2) is 21.7 Å². The van der Waals surface area contributed by atoms with Gasteiger partial charge in [0.05, 0.1) is 0 Å². The summed E-state index contributed by atoms with van der Waals surface area (Å²) in [6, 6.07) is 2.09. The molecule has 2 rings (SSSR count). The Hall–Kier alpha value is -0.419. The van der Waals surface area contributed by atoms with Crippen LogP contribution < -0.4 is 61.6 Å². The van der Waals surface area contributed by atoms with Crippen molar-refractivity contribution < 1.29 is 73.5 Å². The largest absolute Gasteiger partial charge is 1.00 e. The molecular weight excluding hydrogens is 316 g/mol. The Kier molecular flexibility index (Phi) is 6.85. The van der Waals surface area contributed by atoms with E-state index in [1.807, 2.05) is 6.92 Å². The number of aryl methyl sites for hydroxylation is 1. The zero-order chi connectivity index (χ0) is 14.8. The van der Waals surface area contributed by atoms with Crippen molar-refractivity contribution in [3.63, 3.8) is 0 Å². The molecule has 108 valence electrons. The molecule has 0 atom stereocenters. The molecule has 0 spiro atoms. The molecule has 0 aliphatic rings. The molecule has 2 aromatic rings. The molecule has 0 unspecified atom stereocenters. The molecule has 0 fully saturated rings. The molecule has 0 aliphatic carbocycles. The summed E-state index contributed by atoms with van der Waals surface area (Å²) in [7, 11) is 0. The minimum Gasteiger partial charge on any atom is -0.483 e. The number of hydrogen-bond donors (Lipinski definition) is 0. The van der Waals surface area contributed by atoms with Gasteiger partial charge in [-0.15, -0.1) is 5.46 Å². The normalized spacial score (nSPS) is 11.1. The van der Waals surface area contributed by atoms with Gasteiger partial charge in [0, 0.05) is 6.54 Å². The minimum atomic E-state index is -5.19. The van der Waals surface area contributed by atoms with Gasteiger partial charge in [0.15, 0.2) is 17.4 Å². The Bertz CT molecular complexity index is 605. The van der Waals surface area contributed by atoms with Gasteiger partial charge in [0.2, 0.25) is 0 Å². The minimum absolute atomic E-state index is 0. The molecule has 10 heteroatoms. The van der Waals surface area contributed by atoms with E-state index in [0.717, 1.165) is 6.07 Å². The van der Waals surface area contributed by atoms with Gasteiger partial charge >= 0.3 is 58.4 Å². The Morgan fingerprint density at radius 3 is 2.62 bits per heavy atom. The Labute approximate surface area is 161 Å². The van der Waals surface area contributed by atoms with E-state index in [-0.39, 0.29) is 58.0 Å². The standard InChI is InChI=1S/C11H11BF4N3O.K/c1-2-19-11(17-7-18-19)6-20-10-5-8(12(14,15)16)3-4-9(10)13;/h3-5,7H,2,6H2,1H3;/q-1;+1. The van der Waals surface area contributed by atoms with Crippen molar-refractivity contribution in [3.05, 3.63) is 36.2 Å². The van der Waals surface area contributed by atoms with Gasteiger partial charge in [0.25, 0.3) is 0 Å². The van der Waals surface area contributed by atoms with E-state index in [1.54, 1.807) is 0 Å². The maximum absolute atomic E-state index is 13.4. The third kappa shape index (κ3) is 4.78. The van der Waals surface area contributed by atoms with Crippen molar-refractivity contribution >= 4 is 12.4 Å². The summed E-state index contributed by atoms with van der Waals surface area (Å²) in [6.45, 7) is -2.99. The number of hydrogen-bond acceptors (Lipinski definition) is 3. The third-order valence-corrected chi connectivity index (χ3v) is 2.69. The van der Waals surface area contributed by atoms with E-state index in [0.29, 0.717) is 24.5 Å². The number of ether oxygens (including phenoxy) is 1. The van der Waals surface area contributed by atoms with Crippen molar-refractivity contribution in [1.82, 2.24) is 14.8 Å². The van der Waals surface area contributed by atoms with Crippen LogP contribution in [0, 0.1) is 5.82 Å². The monoisotopic (exact) mass is 327 g/mol. The van der Waals surface area contributed by atoms with Gasteiger partial charge < -0.3 is 17.7 Å². The number of benzene rings is 1. The third-order valence-electron chi connectivity index (χ3n) is 2.69. The van der Waals surface area contributed by atoms with Gasteiger partial charge in [0.1, 0.15) is 12.9 Å². The number of rotatable bonds is 5. The van der Waals surface area contributed by atoms with Crippen molar-refractivity contribution in [1.29, 1.82) is 0 Å². The summed E-state index contributed by atoms with van der Waals surface area (Å²) in [4.78, 5) is 3.89. The number of aromatic nitrogens is 3. The first kappa shape index (κ1) is 18.6. The van der Waals surface area contributed by atoms with E-state index in [9.17, 15) is 17.3 Å². The van der Waals surface area contributed by atoms with Crippen LogP contribution in [0.5, 0.6) is 5.75 Å². The average Bonchev–Trinajstić information content (AvgIpc) is 2.83. The molecule has 1 heterocycles. The maximum atomic E-state index is 13.4. The first-order valence-corrected chi connectivity index (χ1v) is 5.90. The van der Waals surface area contributed by atoms with Gasteiger partial charge in [-0.05, 0) is 19.1 Å². The summed E-state index contributed by atoms with van der Waals surface area (Å²) in [5.41, 5.74) is -0.904. The second-order valence-corrected chi connectivity index (χ2v) is 4.05. The van der Waals surface area contributed by atoms with Crippen LogP contribution in [0.4, 0.5) is 17.3 Å². The fraction of sp³-hybridized carbons (Fsp3) is 0.273. The van der Waals surface area contributed by atoms with E-state index in [4.69, 9.17) is 4.74 Å². The molecule has 1 aromatic heterocycles. The quantitative estimate of drug-likeness (QED) is 0.527. The molecule has 4 nitrogen and oxygen atoms in total. The first-order valence-electron chi connectivity index (χ1n) is 5.90. The maximum Gasteiger partial charge on any atom is 1.00 e. The molecule has 0 bridgehead atoms. The van der Waals surface area contributed by atoms with Crippen LogP contribution >= 0.6 is 0 Å². The Morgan fingerprint density at radius 2 is 2.00 bits per heavy atom. The summed E-state index contributed by atoms with van der Waals surface area (Å²) >= 11 is 0. The van der Waals surface area contributed by atoms with Crippen LogP contribution in [0.2, 0.25) is 0 Å². The van der Waals surface area contributed by atoms with Gasteiger partial charge in [-0.3, -0.25) is 0 Å². The predicted molar refractivity (Wildman–Crippen MR) is 65.1 cm³/mol. The topological polar surface area (TPSA) is 39.9 Å². The van der Waals surface area contributed by atoms with Crippen LogP contribution in [-0.2, 0) is 13.2 Å². The van der Waals surface area contributed by atoms with Crippen LogP contribution in [0.15, 0.2) is 24.5 Å². The van der Waals surface area contributed by atoms with Gasteiger partial charge in [-0.25, -0.2) is 14.1 Å². The summed E-state index contributed by atoms with van der Waals surface area (Å²) in [5, 5.41) is 3.88. The van der Waals surface area contributed by atoms with Gasteiger partial charge in [-0.2, -0.15) is 5.10 Å². The SMILES string of the molecule is CCn1ncnc1COc1cc([B-](F)(F)F)ccc1F.[K+]. The van der Waals surface area contributed by atoms with E-state index >= 15 is 0 Å². The van der Waals surface area contributed by atoms with E-state index in [2.05, 4.69) is 10.1 Å². The molecular formula is C11H11BF4KN3O. The van der Waals surface area contributed by atoms with Crippen molar-refractivity contribution in [3.8, 4) is 5.75 Å². The molecule has 0 radical (unpaired) electrons. The number of halogens is 4. The molecule has 0 saturated carbocycles. The average molecular weight is 327 g/mol. The van der Waals surface area contributed by atoms with Crippen LogP contribution in [0.1, 0.15) is 12.7 Å². The molecule has 0 amide bonds.